The zero-order chi connectivity index (χ0) is 19.7. The highest BCUT2D eigenvalue weighted by Crippen LogP contribution is 2.44. The minimum Gasteiger partial charge on any atom is -0.288 e. The standard InChI is InChI=1S/C21H15N3O3S/c1-10-8-9-28-18(10)13-14-16(11-6-4-5-7-12(11)17(14)25)22-19-15(13)20(26)24(3)21(27)23(19)2/h4-9H,1-3H3. The number of nitrogens with zero attached hydrogens (tertiary/aromatic N) is 3. The molecule has 3 aromatic heterocycles. The van der Waals surface area contributed by atoms with Gasteiger partial charge in [0.25, 0.3) is 5.56 Å². The normalized spacial score (nSPS) is 12.5. The summed E-state index contributed by atoms with van der Waals surface area (Å²) in [7, 11) is 3.04. The van der Waals surface area contributed by atoms with Crippen molar-refractivity contribution in [3.05, 3.63) is 73.2 Å². The van der Waals surface area contributed by atoms with Crippen LogP contribution in [0.25, 0.3) is 32.7 Å². The van der Waals surface area contributed by atoms with E-state index >= 15 is 0 Å². The zero-order valence-corrected chi connectivity index (χ0v) is 16.3. The molecule has 1 aromatic carbocycles. The van der Waals surface area contributed by atoms with E-state index in [4.69, 9.17) is 0 Å². The van der Waals surface area contributed by atoms with Crippen LogP contribution in [-0.2, 0) is 14.1 Å². The van der Waals surface area contributed by atoms with E-state index in [0.717, 1.165) is 20.6 Å². The molecule has 0 saturated carbocycles. The number of carbonyl (C=O) groups excluding carboxylic acids is 1. The number of pyridine rings is 1. The van der Waals surface area contributed by atoms with Crippen LogP contribution >= 0.6 is 11.3 Å². The average molecular weight is 389 g/mol. The number of hydrogen-bond acceptors (Lipinski definition) is 5. The molecule has 0 atom stereocenters. The molecule has 0 aliphatic heterocycles. The molecule has 3 heterocycles. The molecule has 7 heteroatoms. The molecule has 1 aliphatic carbocycles. The molecule has 5 rings (SSSR count). The molecule has 0 radical (unpaired) electrons. The van der Waals surface area contributed by atoms with E-state index in [9.17, 15) is 14.4 Å². The van der Waals surface area contributed by atoms with Crippen molar-refractivity contribution in [1.82, 2.24) is 14.1 Å². The van der Waals surface area contributed by atoms with Gasteiger partial charge in [0.05, 0.1) is 16.6 Å². The second-order valence-electron chi connectivity index (χ2n) is 6.92. The molecular weight excluding hydrogens is 374 g/mol. The summed E-state index contributed by atoms with van der Waals surface area (Å²) in [5, 5.41) is 2.23. The van der Waals surface area contributed by atoms with E-state index in [2.05, 4.69) is 4.98 Å². The monoisotopic (exact) mass is 389 g/mol. The maximum atomic E-state index is 13.3. The summed E-state index contributed by atoms with van der Waals surface area (Å²) >= 11 is 1.47. The Hall–Kier alpha value is -3.32. The summed E-state index contributed by atoms with van der Waals surface area (Å²) in [6.45, 7) is 1.95. The van der Waals surface area contributed by atoms with Gasteiger partial charge < -0.3 is 0 Å². The predicted molar refractivity (Wildman–Crippen MR) is 109 cm³/mol. The van der Waals surface area contributed by atoms with E-state index in [0.29, 0.717) is 33.4 Å². The van der Waals surface area contributed by atoms with Gasteiger partial charge in [-0.25, -0.2) is 9.78 Å². The maximum absolute atomic E-state index is 13.3. The van der Waals surface area contributed by atoms with Crippen LogP contribution in [0.1, 0.15) is 21.5 Å². The third-order valence-electron chi connectivity index (χ3n) is 5.33. The average Bonchev–Trinajstić information content (AvgIpc) is 3.25. The highest BCUT2D eigenvalue weighted by molar-refractivity contribution is 7.14. The van der Waals surface area contributed by atoms with Crippen molar-refractivity contribution >= 4 is 28.2 Å². The van der Waals surface area contributed by atoms with E-state index in [-0.39, 0.29) is 5.78 Å². The first-order valence-electron chi connectivity index (χ1n) is 8.74. The van der Waals surface area contributed by atoms with Gasteiger partial charge >= 0.3 is 5.69 Å². The Kier molecular flexibility index (Phi) is 3.36. The molecule has 138 valence electrons. The Morgan fingerprint density at radius 1 is 0.929 bits per heavy atom. The van der Waals surface area contributed by atoms with Crippen molar-refractivity contribution < 1.29 is 4.79 Å². The van der Waals surface area contributed by atoms with Gasteiger partial charge in [0.1, 0.15) is 0 Å². The maximum Gasteiger partial charge on any atom is 0.332 e. The molecule has 0 fully saturated rings. The van der Waals surface area contributed by atoms with E-state index in [1.165, 1.54) is 23.0 Å². The first-order chi connectivity index (χ1) is 13.4. The Morgan fingerprint density at radius 2 is 1.64 bits per heavy atom. The number of fused-ring (bicyclic) bond motifs is 4. The Morgan fingerprint density at radius 3 is 2.32 bits per heavy atom. The van der Waals surface area contributed by atoms with Gasteiger partial charge in [-0.15, -0.1) is 11.3 Å². The van der Waals surface area contributed by atoms with Crippen LogP contribution < -0.4 is 11.2 Å². The fourth-order valence-electron chi connectivity index (χ4n) is 3.88. The number of aryl methyl sites for hydroxylation is 2. The lowest BCUT2D eigenvalue weighted by Gasteiger charge is -2.14. The van der Waals surface area contributed by atoms with Crippen molar-refractivity contribution in [3.63, 3.8) is 0 Å². The Bertz CT molecular complexity index is 1460. The van der Waals surface area contributed by atoms with Crippen molar-refractivity contribution in [1.29, 1.82) is 0 Å². The fraction of sp³-hybridized carbons (Fsp3) is 0.143. The first-order valence-corrected chi connectivity index (χ1v) is 9.62. The van der Waals surface area contributed by atoms with Gasteiger partial charge in [-0.1, -0.05) is 24.3 Å². The Balaban J connectivity index is 2.11. The van der Waals surface area contributed by atoms with Gasteiger partial charge in [0.2, 0.25) is 0 Å². The van der Waals surface area contributed by atoms with Gasteiger partial charge in [-0.2, -0.15) is 0 Å². The summed E-state index contributed by atoms with van der Waals surface area (Å²) in [5.74, 6) is -0.140. The van der Waals surface area contributed by atoms with Crippen molar-refractivity contribution in [3.8, 4) is 21.7 Å². The van der Waals surface area contributed by atoms with E-state index in [1.54, 1.807) is 13.1 Å². The van der Waals surface area contributed by atoms with Gasteiger partial charge in [0.15, 0.2) is 11.4 Å². The van der Waals surface area contributed by atoms with Gasteiger partial charge in [-0.05, 0) is 23.9 Å². The molecule has 0 N–H and O–H groups in total. The second kappa shape index (κ2) is 5.59. The molecule has 28 heavy (non-hydrogen) atoms. The highest BCUT2D eigenvalue weighted by Gasteiger charge is 2.34. The number of benzene rings is 1. The summed E-state index contributed by atoms with van der Waals surface area (Å²) < 4.78 is 2.43. The Labute approximate surface area is 163 Å². The molecule has 0 bridgehead atoms. The number of ketones is 1. The summed E-state index contributed by atoms with van der Waals surface area (Å²) in [6, 6.07) is 9.24. The SMILES string of the molecule is Cc1ccsc1-c1c2c(nc3c1c(=O)n(C)c(=O)n3C)-c1ccccc1C2=O. The molecule has 0 spiro atoms. The molecule has 1 aliphatic rings. The van der Waals surface area contributed by atoms with Crippen molar-refractivity contribution in [2.24, 2.45) is 14.1 Å². The quantitative estimate of drug-likeness (QED) is 0.442. The number of thiophene rings is 1. The van der Waals surface area contributed by atoms with Crippen LogP contribution in [0.5, 0.6) is 0 Å². The van der Waals surface area contributed by atoms with Crippen molar-refractivity contribution in [2.75, 3.05) is 0 Å². The van der Waals surface area contributed by atoms with Crippen LogP contribution in [0.4, 0.5) is 0 Å². The lowest BCUT2D eigenvalue weighted by Crippen LogP contribution is -2.37. The number of hydrogen-bond donors (Lipinski definition) is 0. The van der Waals surface area contributed by atoms with Crippen LogP contribution in [0, 0.1) is 6.92 Å². The van der Waals surface area contributed by atoms with E-state index < -0.39 is 11.2 Å². The summed E-state index contributed by atoms with van der Waals surface area (Å²) in [6.07, 6.45) is 0. The molecule has 6 nitrogen and oxygen atoms in total. The smallest absolute Gasteiger partial charge is 0.288 e. The molecule has 0 amide bonds. The third kappa shape index (κ3) is 1.96. The second-order valence-corrected chi connectivity index (χ2v) is 7.84. The van der Waals surface area contributed by atoms with Gasteiger partial charge in [0, 0.05) is 35.7 Å². The van der Waals surface area contributed by atoms with E-state index in [1.807, 2.05) is 36.6 Å². The van der Waals surface area contributed by atoms with Crippen LogP contribution in [0.15, 0.2) is 45.3 Å². The largest absolute Gasteiger partial charge is 0.332 e. The minimum absolute atomic E-state index is 0.140. The van der Waals surface area contributed by atoms with Crippen LogP contribution in [0.2, 0.25) is 0 Å². The van der Waals surface area contributed by atoms with Crippen molar-refractivity contribution in [2.45, 2.75) is 6.92 Å². The molecular formula is C21H15N3O3S. The van der Waals surface area contributed by atoms with Gasteiger partial charge in [-0.3, -0.25) is 18.7 Å². The lowest BCUT2D eigenvalue weighted by molar-refractivity contribution is 0.104. The number of rotatable bonds is 1. The molecule has 0 saturated heterocycles. The first kappa shape index (κ1) is 16.8. The molecule has 4 aromatic rings. The summed E-state index contributed by atoms with van der Waals surface area (Å²) in [5.41, 5.74) is 3.21. The zero-order valence-electron chi connectivity index (χ0n) is 15.4. The highest BCUT2D eigenvalue weighted by atomic mass is 32.1. The fourth-order valence-corrected chi connectivity index (χ4v) is 4.87. The number of carbonyl (C=O) groups is 1. The summed E-state index contributed by atoms with van der Waals surface area (Å²) in [4.78, 5) is 44.4. The predicted octanol–water partition coefficient (Wildman–Crippen LogP) is 2.88. The van der Waals surface area contributed by atoms with Crippen LogP contribution in [-0.4, -0.2) is 19.9 Å². The number of aromatic nitrogens is 3. The minimum atomic E-state index is -0.448. The topological polar surface area (TPSA) is 74.0 Å². The lowest BCUT2D eigenvalue weighted by atomic mass is 9.98. The third-order valence-corrected chi connectivity index (χ3v) is 6.37. The molecule has 0 unspecified atom stereocenters. The van der Waals surface area contributed by atoms with Crippen LogP contribution in [0.3, 0.4) is 0 Å².